The van der Waals surface area contributed by atoms with Crippen LogP contribution in [0.2, 0.25) is 0 Å². The first-order chi connectivity index (χ1) is 8.05. The van der Waals surface area contributed by atoms with Gasteiger partial charge in [0.1, 0.15) is 0 Å². The molecule has 0 heterocycles. The average Bonchev–Trinajstić information content (AvgIpc) is 2.30. The van der Waals surface area contributed by atoms with E-state index in [0.29, 0.717) is 6.42 Å². The zero-order valence-corrected chi connectivity index (χ0v) is 9.63. The fourth-order valence-corrected chi connectivity index (χ4v) is 1.80. The molecular formula is C12H15NO4. The second kappa shape index (κ2) is 5.43. The third-order valence-electron chi connectivity index (χ3n) is 2.81. The first-order valence-corrected chi connectivity index (χ1v) is 5.49. The highest BCUT2D eigenvalue weighted by Gasteiger charge is 2.52. The van der Waals surface area contributed by atoms with Crippen molar-refractivity contribution in [3.63, 3.8) is 0 Å². The third-order valence-corrected chi connectivity index (χ3v) is 2.81. The lowest BCUT2D eigenvalue weighted by Gasteiger charge is -2.21. The molecule has 0 radical (unpaired) electrons. The van der Waals surface area contributed by atoms with E-state index in [9.17, 15) is 20.0 Å². The minimum Gasteiger partial charge on any atom is -0.476 e. The summed E-state index contributed by atoms with van der Waals surface area (Å²) in [4.78, 5) is 21.8. The second-order valence-corrected chi connectivity index (χ2v) is 3.89. The van der Waals surface area contributed by atoms with Gasteiger partial charge < -0.3 is 5.11 Å². The molecule has 0 spiro atoms. The molecule has 0 aliphatic rings. The van der Waals surface area contributed by atoms with E-state index in [1.165, 1.54) is 12.1 Å². The van der Waals surface area contributed by atoms with Crippen molar-refractivity contribution in [3.8, 4) is 0 Å². The highest BCUT2D eigenvalue weighted by atomic mass is 16.6. The number of unbranched alkanes of at least 4 members (excludes halogenated alkanes) is 1. The van der Waals surface area contributed by atoms with Crippen LogP contribution in [-0.2, 0) is 10.3 Å². The molecule has 1 atom stereocenters. The molecule has 0 aliphatic carbocycles. The molecule has 0 saturated heterocycles. The molecule has 0 aromatic heterocycles. The van der Waals surface area contributed by atoms with Crippen LogP contribution in [0.25, 0.3) is 0 Å². The van der Waals surface area contributed by atoms with Gasteiger partial charge in [0, 0.05) is 16.9 Å². The number of nitrogens with zero attached hydrogens (tertiary/aromatic N) is 1. The van der Waals surface area contributed by atoms with Crippen LogP contribution in [-0.4, -0.2) is 16.0 Å². The highest BCUT2D eigenvalue weighted by Crippen LogP contribution is 2.31. The number of carboxylic acid groups (broad SMARTS) is 1. The highest BCUT2D eigenvalue weighted by molar-refractivity contribution is 5.79. The molecule has 1 N–H and O–H groups in total. The summed E-state index contributed by atoms with van der Waals surface area (Å²) in [7, 11) is 0. The molecular weight excluding hydrogens is 222 g/mol. The number of hydrogen-bond donors (Lipinski definition) is 1. The minimum atomic E-state index is -2.02. The molecule has 92 valence electrons. The lowest BCUT2D eigenvalue weighted by atomic mass is 9.85. The zero-order chi connectivity index (χ0) is 12.9. The van der Waals surface area contributed by atoms with Crippen molar-refractivity contribution < 1.29 is 14.8 Å². The number of benzene rings is 1. The molecule has 5 heteroatoms. The van der Waals surface area contributed by atoms with Crippen LogP contribution in [0.15, 0.2) is 30.3 Å². The van der Waals surface area contributed by atoms with E-state index < -0.39 is 16.4 Å². The topological polar surface area (TPSA) is 80.4 Å². The van der Waals surface area contributed by atoms with Gasteiger partial charge in [0.15, 0.2) is 0 Å². The first-order valence-electron chi connectivity index (χ1n) is 5.49. The van der Waals surface area contributed by atoms with Crippen LogP contribution in [0.1, 0.15) is 31.7 Å². The van der Waals surface area contributed by atoms with Gasteiger partial charge in [-0.05, 0) is 6.42 Å². The van der Waals surface area contributed by atoms with Crippen LogP contribution in [0.3, 0.4) is 0 Å². The van der Waals surface area contributed by atoms with Crippen LogP contribution < -0.4 is 0 Å². The summed E-state index contributed by atoms with van der Waals surface area (Å²) < 4.78 is 0. The Morgan fingerprint density at radius 2 is 2.00 bits per heavy atom. The van der Waals surface area contributed by atoms with Gasteiger partial charge in [-0.2, -0.15) is 0 Å². The van der Waals surface area contributed by atoms with E-state index in [1.807, 2.05) is 6.92 Å². The first kappa shape index (κ1) is 13.2. The van der Waals surface area contributed by atoms with Crippen molar-refractivity contribution in [3.05, 3.63) is 46.0 Å². The number of rotatable bonds is 6. The van der Waals surface area contributed by atoms with Gasteiger partial charge in [0.25, 0.3) is 0 Å². The van der Waals surface area contributed by atoms with Gasteiger partial charge in [0.2, 0.25) is 0 Å². The Labute approximate surface area is 99.2 Å². The molecule has 1 aromatic carbocycles. The summed E-state index contributed by atoms with van der Waals surface area (Å²) in [5.41, 5.74) is -1.79. The Morgan fingerprint density at radius 3 is 2.41 bits per heavy atom. The van der Waals surface area contributed by atoms with Crippen LogP contribution in [0.5, 0.6) is 0 Å². The van der Waals surface area contributed by atoms with Crippen molar-refractivity contribution in [2.24, 2.45) is 0 Å². The minimum absolute atomic E-state index is 0.00977. The predicted molar refractivity (Wildman–Crippen MR) is 62.3 cm³/mol. The van der Waals surface area contributed by atoms with Crippen molar-refractivity contribution in [1.82, 2.24) is 0 Å². The number of carboxylic acids is 1. The quantitative estimate of drug-likeness (QED) is 0.608. The van der Waals surface area contributed by atoms with E-state index >= 15 is 0 Å². The second-order valence-electron chi connectivity index (χ2n) is 3.89. The van der Waals surface area contributed by atoms with E-state index in [-0.39, 0.29) is 12.0 Å². The lowest BCUT2D eigenvalue weighted by molar-refractivity contribution is -0.565. The van der Waals surface area contributed by atoms with E-state index in [1.54, 1.807) is 18.2 Å². The molecule has 0 fully saturated rings. The predicted octanol–water partition coefficient (Wildman–Crippen LogP) is 2.43. The molecule has 1 aromatic rings. The Morgan fingerprint density at radius 1 is 1.41 bits per heavy atom. The van der Waals surface area contributed by atoms with E-state index in [2.05, 4.69) is 0 Å². The maximum atomic E-state index is 11.3. The summed E-state index contributed by atoms with van der Waals surface area (Å²) in [6.07, 6.45) is 1.23. The SMILES string of the molecule is CCCCC(C(=O)O)(c1ccccc1)[N+](=O)[O-]. The van der Waals surface area contributed by atoms with Crippen LogP contribution >= 0.6 is 0 Å². The van der Waals surface area contributed by atoms with Crippen molar-refractivity contribution in [1.29, 1.82) is 0 Å². The third kappa shape index (κ3) is 2.43. The van der Waals surface area contributed by atoms with Gasteiger partial charge in [-0.3, -0.25) is 10.1 Å². The number of aliphatic carboxylic acids is 1. The summed E-state index contributed by atoms with van der Waals surface area (Å²) in [5.74, 6) is -1.40. The molecule has 1 unspecified atom stereocenters. The van der Waals surface area contributed by atoms with Gasteiger partial charge in [-0.25, -0.2) is 4.79 Å². The van der Waals surface area contributed by atoms with E-state index in [4.69, 9.17) is 0 Å². The monoisotopic (exact) mass is 237 g/mol. The number of nitro groups is 1. The Bertz CT molecular complexity index is 388. The van der Waals surface area contributed by atoms with Gasteiger partial charge in [-0.15, -0.1) is 0 Å². The Kier molecular flexibility index (Phi) is 4.20. The Balaban J connectivity index is 3.25. The summed E-state index contributed by atoms with van der Waals surface area (Å²) >= 11 is 0. The Hall–Kier alpha value is -1.91. The number of carbonyl (C=O) groups is 1. The maximum Gasteiger partial charge on any atom is 0.387 e. The van der Waals surface area contributed by atoms with Crippen LogP contribution in [0.4, 0.5) is 0 Å². The normalized spacial score (nSPS) is 13.9. The molecule has 5 nitrogen and oxygen atoms in total. The molecule has 1 rings (SSSR count). The van der Waals surface area contributed by atoms with Crippen molar-refractivity contribution in [2.75, 3.05) is 0 Å². The molecule has 0 saturated carbocycles. The average molecular weight is 237 g/mol. The van der Waals surface area contributed by atoms with Crippen molar-refractivity contribution in [2.45, 2.75) is 31.7 Å². The zero-order valence-electron chi connectivity index (χ0n) is 9.63. The molecule has 0 bridgehead atoms. The van der Waals surface area contributed by atoms with E-state index in [0.717, 1.165) is 6.42 Å². The largest absolute Gasteiger partial charge is 0.476 e. The number of hydrogen-bond acceptors (Lipinski definition) is 3. The summed E-state index contributed by atoms with van der Waals surface area (Å²) in [5, 5.41) is 20.4. The fraction of sp³-hybridized carbons (Fsp3) is 0.417. The maximum absolute atomic E-state index is 11.3. The molecule has 0 amide bonds. The lowest BCUT2D eigenvalue weighted by Crippen LogP contribution is -2.43. The summed E-state index contributed by atoms with van der Waals surface area (Å²) in [6.45, 7) is 1.87. The van der Waals surface area contributed by atoms with Gasteiger partial charge in [0.05, 0.1) is 0 Å². The smallest absolute Gasteiger partial charge is 0.387 e. The van der Waals surface area contributed by atoms with Crippen molar-refractivity contribution >= 4 is 5.97 Å². The fourth-order valence-electron chi connectivity index (χ4n) is 1.80. The molecule has 0 aliphatic heterocycles. The summed E-state index contributed by atoms with van der Waals surface area (Å²) in [6, 6.07) is 7.92. The standard InChI is InChI=1S/C12H15NO4/c1-2-3-9-12(11(14)15,13(16)17)10-7-5-4-6-8-10/h4-8H,2-3,9H2,1H3,(H,14,15). The van der Waals surface area contributed by atoms with Gasteiger partial charge >= 0.3 is 11.5 Å². The van der Waals surface area contributed by atoms with Crippen LogP contribution in [0, 0.1) is 10.1 Å². The molecule has 17 heavy (non-hydrogen) atoms. The van der Waals surface area contributed by atoms with Gasteiger partial charge in [-0.1, -0.05) is 43.7 Å².